The molecule has 0 aliphatic rings. The highest BCUT2D eigenvalue weighted by Crippen LogP contribution is 2.12. The first-order valence-electron chi connectivity index (χ1n) is 7.58. The molecule has 0 aliphatic heterocycles. The predicted octanol–water partition coefficient (Wildman–Crippen LogP) is 0.941. The van der Waals surface area contributed by atoms with Crippen molar-refractivity contribution in [1.82, 2.24) is 5.32 Å². The number of hydrogen-bond acceptors (Lipinski definition) is 5. The number of nitrogens with one attached hydrogen (secondary N) is 2. The van der Waals surface area contributed by atoms with E-state index in [0.29, 0.717) is 25.8 Å². The molecule has 2 amide bonds. The Morgan fingerprint density at radius 1 is 1.21 bits per heavy atom. The van der Waals surface area contributed by atoms with Crippen LogP contribution in [0.25, 0.3) is 0 Å². The van der Waals surface area contributed by atoms with Crippen molar-refractivity contribution in [3.8, 4) is 0 Å². The first-order chi connectivity index (χ1) is 11.4. The lowest BCUT2D eigenvalue weighted by Crippen LogP contribution is -2.32. The first-order valence-corrected chi connectivity index (χ1v) is 7.58. The second-order valence-corrected chi connectivity index (χ2v) is 5.18. The fourth-order valence-corrected chi connectivity index (χ4v) is 1.95. The zero-order valence-electron chi connectivity index (χ0n) is 13.5. The molecule has 0 radical (unpaired) electrons. The molecule has 0 fully saturated rings. The summed E-state index contributed by atoms with van der Waals surface area (Å²) >= 11 is 0. The van der Waals surface area contributed by atoms with Gasteiger partial charge in [0.1, 0.15) is 18.3 Å². The first kappa shape index (κ1) is 19.6. The van der Waals surface area contributed by atoms with E-state index < -0.39 is 36.1 Å². The minimum absolute atomic E-state index is 0.0343. The lowest BCUT2D eigenvalue weighted by Gasteiger charge is -2.09. The maximum atomic E-state index is 13.4. The summed E-state index contributed by atoms with van der Waals surface area (Å²) in [6.07, 6.45) is 1.32. The lowest BCUT2D eigenvalue weighted by molar-refractivity contribution is -0.142. The number of carbonyl (C=O) groups excluding carboxylic acids is 3. The van der Waals surface area contributed by atoms with Crippen LogP contribution in [0.1, 0.15) is 25.7 Å². The Labute approximate surface area is 139 Å². The molecule has 0 bridgehead atoms. The number of methoxy groups -OCH3 is 1. The van der Waals surface area contributed by atoms with Gasteiger partial charge in [-0.1, -0.05) is 12.1 Å². The van der Waals surface area contributed by atoms with Crippen molar-refractivity contribution < 1.29 is 23.5 Å². The monoisotopic (exact) mass is 339 g/mol. The molecule has 1 aromatic rings. The van der Waals surface area contributed by atoms with Crippen LogP contribution in [-0.2, 0) is 19.1 Å². The number of ether oxygens (including phenoxy) is 1. The Kier molecular flexibility index (Phi) is 8.42. The molecule has 132 valence electrons. The number of nitrogens with two attached hydrogens (primary N) is 1. The Morgan fingerprint density at radius 3 is 2.58 bits per heavy atom. The Hall–Kier alpha value is -2.48. The summed E-state index contributed by atoms with van der Waals surface area (Å²) in [6, 6.07) is 5.05. The summed E-state index contributed by atoms with van der Waals surface area (Å²) in [5, 5.41) is 4.91. The van der Waals surface area contributed by atoms with Crippen molar-refractivity contribution in [3.63, 3.8) is 0 Å². The van der Waals surface area contributed by atoms with E-state index in [1.54, 1.807) is 6.07 Å². The van der Waals surface area contributed by atoms with Crippen LogP contribution in [-0.4, -0.2) is 37.5 Å². The number of para-hydroxylation sites is 1. The van der Waals surface area contributed by atoms with E-state index in [-0.39, 0.29) is 5.69 Å². The SMILES string of the molecule is COC(=O)C(N)CCCCNC(=O)CC(=O)Nc1ccccc1F. The van der Waals surface area contributed by atoms with Gasteiger partial charge < -0.3 is 21.1 Å². The van der Waals surface area contributed by atoms with Crippen LogP contribution in [0.3, 0.4) is 0 Å². The number of rotatable bonds is 9. The van der Waals surface area contributed by atoms with Gasteiger partial charge in [0.25, 0.3) is 0 Å². The van der Waals surface area contributed by atoms with Crippen LogP contribution < -0.4 is 16.4 Å². The van der Waals surface area contributed by atoms with Crippen LogP contribution in [0, 0.1) is 5.82 Å². The van der Waals surface area contributed by atoms with Gasteiger partial charge in [0.05, 0.1) is 12.8 Å². The van der Waals surface area contributed by atoms with Crippen molar-refractivity contribution in [2.75, 3.05) is 19.0 Å². The normalized spacial score (nSPS) is 11.5. The van der Waals surface area contributed by atoms with E-state index >= 15 is 0 Å². The molecule has 0 aliphatic carbocycles. The highest BCUT2D eigenvalue weighted by molar-refractivity contribution is 6.03. The molecule has 0 aromatic heterocycles. The number of amides is 2. The van der Waals surface area contributed by atoms with Gasteiger partial charge in [-0.25, -0.2) is 4.39 Å². The third-order valence-corrected chi connectivity index (χ3v) is 3.24. The van der Waals surface area contributed by atoms with E-state index in [4.69, 9.17) is 5.73 Å². The molecule has 0 heterocycles. The Morgan fingerprint density at radius 2 is 1.92 bits per heavy atom. The van der Waals surface area contributed by atoms with E-state index in [1.807, 2.05) is 0 Å². The van der Waals surface area contributed by atoms with Gasteiger partial charge >= 0.3 is 5.97 Å². The Bertz CT molecular complexity index is 580. The van der Waals surface area contributed by atoms with Crippen molar-refractivity contribution in [2.24, 2.45) is 5.73 Å². The second kappa shape index (κ2) is 10.3. The van der Waals surface area contributed by atoms with Crippen LogP contribution in [0.15, 0.2) is 24.3 Å². The van der Waals surface area contributed by atoms with Crippen molar-refractivity contribution in [1.29, 1.82) is 0 Å². The maximum Gasteiger partial charge on any atom is 0.322 e. The summed E-state index contributed by atoms with van der Waals surface area (Å²) in [5.74, 6) is -2.08. The number of hydrogen-bond donors (Lipinski definition) is 3. The van der Waals surface area contributed by atoms with Gasteiger partial charge in [-0.2, -0.15) is 0 Å². The topological polar surface area (TPSA) is 111 Å². The van der Waals surface area contributed by atoms with E-state index in [0.717, 1.165) is 0 Å². The van der Waals surface area contributed by atoms with Gasteiger partial charge in [0, 0.05) is 6.54 Å². The zero-order chi connectivity index (χ0) is 17.9. The molecule has 0 spiro atoms. The third-order valence-electron chi connectivity index (χ3n) is 3.24. The summed E-state index contributed by atoms with van der Waals surface area (Å²) in [4.78, 5) is 34.4. The lowest BCUT2D eigenvalue weighted by atomic mass is 10.1. The number of esters is 1. The standard InChI is InChI=1S/C16H22FN3O4/c1-24-16(23)12(18)7-4-5-9-19-14(21)10-15(22)20-13-8-3-2-6-11(13)17/h2-3,6,8,12H,4-5,7,9-10,18H2,1H3,(H,19,21)(H,20,22). The summed E-state index contributed by atoms with van der Waals surface area (Å²) < 4.78 is 17.9. The van der Waals surface area contributed by atoms with Crippen LogP contribution in [0.5, 0.6) is 0 Å². The van der Waals surface area contributed by atoms with E-state index in [2.05, 4.69) is 15.4 Å². The number of anilines is 1. The fraction of sp³-hybridized carbons (Fsp3) is 0.438. The number of unbranched alkanes of at least 4 members (excludes halogenated alkanes) is 1. The third kappa shape index (κ3) is 7.19. The van der Waals surface area contributed by atoms with Gasteiger partial charge in [0.2, 0.25) is 11.8 Å². The summed E-state index contributed by atoms with van der Waals surface area (Å²) in [5.41, 5.74) is 5.61. The van der Waals surface area contributed by atoms with Crippen molar-refractivity contribution >= 4 is 23.5 Å². The molecule has 1 rings (SSSR count). The van der Waals surface area contributed by atoms with Crippen molar-refractivity contribution in [3.05, 3.63) is 30.1 Å². The van der Waals surface area contributed by atoms with E-state index in [9.17, 15) is 18.8 Å². The molecule has 4 N–H and O–H groups in total. The minimum atomic E-state index is -0.669. The summed E-state index contributed by atoms with van der Waals surface area (Å²) in [6.45, 7) is 0.361. The van der Waals surface area contributed by atoms with Gasteiger partial charge in [-0.15, -0.1) is 0 Å². The molecule has 7 nitrogen and oxygen atoms in total. The highest BCUT2D eigenvalue weighted by Gasteiger charge is 2.13. The molecular weight excluding hydrogens is 317 g/mol. The zero-order valence-corrected chi connectivity index (χ0v) is 13.5. The largest absolute Gasteiger partial charge is 0.468 e. The van der Waals surface area contributed by atoms with Crippen LogP contribution in [0.2, 0.25) is 0 Å². The average molecular weight is 339 g/mol. The molecule has 24 heavy (non-hydrogen) atoms. The van der Waals surface area contributed by atoms with Crippen LogP contribution in [0.4, 0.5) is 10.1 Å². The molecule has 1 unspecified atom stereocenters. The fourth-order valence-electron chi connectivity index (χ4n) is 1.95. The minimum Gasteiger partial charge on any atom is -0.468 e. The molecule has 8 heteroatoms. The maximum absolute atomic E-state index is 13.4. The van der Waals surface area contributed by atoms with Gasteiger partial charge in [-0.3, -0.25) is 14.4 Å². The van der Waals surface area contributed by atoms with Crippen molar-refractivity contribution in [2.45, 2.75) is 31.7 Å². The molecular formula is C16H22FN3O4. The number of halogens is 1. The van der Waals surface area contributed by atoms with Gasteiger partial charge in [0.15, 0.2) is 0 Å². The van der Waals surface area contributed by atoms with E-state index in [1.165, 1.54) is 25.3 Å². The highest BCUT2D eigenvalue weighted by atomic mass is 19.1. The quantitative estimate of drug-likeness (QED) is 0.352. The molecule has 1 aromatic carbocycles. The number of carbonyl (C=O) groups is 3. The van der Waals surface area contributed by atoms with Gasteiger partial charge in [-0.05, 0) is 31.4 Å². The average Bonchev–Trinajstić information content (AvgIpc) is 2.55. The molecule has 0 saturated carbocycles. The predicted molar refractivity (Wildman–Crippen MR) is 86.5 cm³/mol. The van der Waals surface area contributed by atoms with Crippen LogP contribution >= 0.6 is 0 Å². The molecule has 1 atom stereocenters. The smallest absolute Gasteiger partial charge is 0.322 e. The second-order valence-electron chi connectivity index (χ2n) is 5.18. The Balaban J connectivity index is 2.19. The number of benzene rings is 1. The molecule has 0 saturated heterocycles. The summed E-state index contributed by atoms with van der Waals surface area (Å²) in [7, 11) is 1.27.